The normalized spacial score (nSPS) is 18.9. The molecule has 30 heavy (non-hydrogen) atoms. The molecule has 0 aromatic heterocycles. The Balaban J connectivity index is 1.53. The van der Waals surface area contributed by atoms with Crippen molar-refractivity contribution >= 4 is 17.3 Å². The number of piperazine rings is 1. The van der Waals surface area contributed by atoms with E-state index in [0.717, 1.165) is 57.5 Å². The summed E-state index contributed by atoms with van der Waals surface area (Å²) in [4.78, 5) is 20.4. The SMILES string of the molecule is CN1CCN(c2cccc3c2CCC(C)(C)N3C(=O)CCCc2ccccc2)CC1. The second-order valence-electron chi connectivity index (χ2n) is 9.45. The molecule has 4 rings (SSSR count). The monoisotopic (exact) mass is 405 g/mol. The van der Waals surface area contributed by atoms with Crippen molar-refractivity contribution in [2.45, 2.75) is 51.5 Å². The molecule has 2 aliphatic rings. The van der Waals surface area contributed by atoms with Crippen molar-refractivity contribution in [1.29, 1.82) is 0 Å². The summed E-state index contributed by atoms with van der Waals surface area (Å²) in [6.07, 6.45) is 4.49. The van der Waals surface area contributed by atoms with Crippen LogP contribution in [0, 0.1) is 0 Å². The average molecular weight is 406 g/mol. The van der Waals surface area contributed by atoms with Crippen molar-refractivity contribution in [2.24, 2.45) is 0 Å². The number of aryl methyl sites for hydroxylation is 1. The molecule has 2 heterocycles. The van der Waals surface area contributed by atoms with E-state index in [-0.39, 0.29) is 11.4 Å². The van der Waals surface area contributed by atoms with E-state index < -0.39 is 0 Å². The van der Waals surface area contributed by atoms with Crippen LogP contribution in [0.25, 0.3) is 0 Å². The molecule has 2 aliphatic heterocycles. The summed E-state index contributed by atoms with van der Waals surface area (Å²) in [5.41, 5.74) is 4.99. The van der Waals surface area contributed by atoms with Gasteiger partial charge in [-0.3, -0.25) is 4.79 Å². The first-order valence-electron chi connectivity index (χ1n) is 11.4. The Morgan fingerprint density at radius 3 is 2.37 bits per heavy atom. The first kappa shape index (κ1) is 20.9. The minimum Gasteiger partial charge on any atom is -0.369 e. The number of hydrogen-bond acceptors (Lipinski definition) is 3. The smallest absolute Gasteiger partial charge is 0.227 e. The summed E-state index contributed by atoms with van der Waals surface area (Å²) in [6.45, 7) is 8.73. The first-order chi connectivity index (χ1) is 14.5. The standard InChI is InChI=1S/C26H35N3O/c1-26(2)16-15-22-23(28-19-17-27(3)18-20-28)12-8-13-24(22)29(26)25(30)14-7-11-21-9-5-4-6-10-21/h4-6,8-10,12-13H,7,11,14-20H2,1-3H3. The van der Waals surface area contributed by atoms with Gasteiger partial charge in [0, 0.05) is 49.5 Å². The quantitative estimate of drug-likeness (QED) is 0.732. The van der Waals surface area contributed by atoms with Gasteiger partial charge in [0.25, 0.3) is 0 Å². The van der Waals surface area contributed by atoms with Gasteiger partial charge in [0.15, 0.2) is 0 Å². The third-order valence-corrected chi connectivity index (χ3v) is 6.75. The molecule has 0 bridgehead atoms. The maximum Gasteiger partial charge on any atom is 0.227 e. The zero-order valence-corrected chi connectivity index (χ0v) is 18.7. The molecule has 0 radical (unpaired) electrons. The molecule has 0 aliphatic carbocycles. The van der Waals surface area contributed by atoms with Crippen LogP contribution in [0.4, 0.5) is 11.4 Å². The van der Waals surface area contributed by atoms with Crippen LogP contribution in [0.5, 0.6) is 0 Å². The van der Waals surface area contributed by atoms with Crippen molar-refractivity contribution in [3.8, 4) is 0 Å². The minimum absolute atomic E-state index is 0.141. The van der Waals surface area contributed by atoms with E-state index in [2.05, 4.69) is 78.1 Å². The topological polar surface area (TPSA) is 26.8 Å². The lowest BCUT2D eigenvalue weighted by Gasteiger charge is -2.45. The zero-order chi connectivity index (χ0) is 21.1. The Labute approximate surface area is 181 Å². The summed E-state index contributed by atoms with van der Waals surface area (Å²) < 4.78 is 0. The molecule has 1 amide bonds. The molecule has 4 heteroatoms. The van der Waals surface area contributed by atoms with Crippen LogP contribution in [0.1, 0.15) is 44.2 Å². The number of amides is 1. The maximum absolute atomic E-state index is 13.4. The highest BCUT2D eigenvalue weighted by Crippen LogP contribution is 2.42. The lowest BCUT2D eigenvalue weighted by atomic mass is 9.85. The second-order valence-corrected chi connectivity index (χ2v) is 9.45. The number of anilines is 2. The number of hydrogen-bond donors (Lipinski definition) is 0. The Morgan fingerprint density at radius 1 is 0.933 bits per heavy atom. The largest absolute Gasteiger partial charge is 0.369 e. The lowest BCUT2D eigenvalue weighted by molar-refractivity contribution is -0.119. The van der Waals surface area contributed by atoms with Crippen LogP contribution >= 0.6 is 0 Å². The van der Waals surface area contributed by atoms with Crippen molar-refractivity contribution in [1.82, 2.24) is 4.90 Å². The number of rotatable bonds is 5. The van der Waals surface area contributed by atoms with Gasteiger partial charge in [-0.1, -0.05) is 36.4 Å². The van der Waals surface area contributed by atoms with Crippen LogP contribution in [0.15, 0.2) is 48.5 Å². The number of nitrogens with zero attached hydrogens (tertiary/aromatic N) is 3. The Morgan fingerprint density at radius 2 is 1.63 bits per heavy atom. The fourth-order valence-corrected chi connectivity index (χ4v) is 4.91. The molecule has 0 N–H and O–H groups in total. The summed E-state index contributed by atoms with van der Waals surface area (Å²) in [5, 5.41) is 0. The highest BCUT2D eigenvalue weighted by molar-refractivity contribution is 5.97. The Hall–Kier alpha value is -2.33. The van der Waals surface area contributed by atoms with E-state index in [4.69, 9.17) is 0 Å². The Kier molecular flexibility index (Phi) is 6.14. The predicted molar refractivity (Wildman–Crippen MR) is 125 cm³/mol. The minimum atomic E-state index is -0.141. The van der Waals surface area contributed by atoms with Crippen LogP contribution in [0.2, 0.25) is 0 Å². The third kappa shape index (κ3) is 4.39. The first-order valence-corrected chi connectivity index (χ1v) is 11.4. The van der Waals surface area contributed by atoms with Crippen LogP contribution < -0.4 is 9.80 Å². The molecule has 2 aromatic rings. The van der Waals surface area contributed by atoms with Gasteiger partial charge >= 0.3 is 0 Å². The van der Waals surface area contributed by atoms with Crippen molar-refractivity contribution < 1.29 is 4.79 Å². The number of carbonyl (C=O) groups is 1. The second kappa shape index (κ2) is 8.81. The summed E-state index contributed by atoms with van der Waals surface area (Å²) >= 11 is 0. The average Bonchev–Trinajstić information content (AvgIpc) is 2.74. The van der Waals surface area contributed by atoms with Gasteiger partial charge in [0.05, 0.1) is 0 Å². The van der Waals surface area contributed by atoms with Crippen LogP contribution in [0.3, 0.4) is 0 Å². The fraction of sp³-hybridized carbons (Fsp3) is 0.500. The zero-order valence-electron chi connectivity index (χ0n) is 18.7. The van der Waals surface area contributed by atoms with E-state index in [1.165, 1.54) is 16.8 Å². The van der Waals surface area contributed by atoms with Gasteiger partial charge in [-0.2, -0.15) is 0 Å². The summed E-state index contributed by atoms with van der Waals surface area (Å²) in [6, 6.07) is 17.0. The van der Waals surface area contributed by atoms with Gasteiger partial charge in [0.1, 0.15) is 0 Å². The highest BCUT2D eigenvalue weighted by Gasteiger charge is 2.38. The van der Waals surface area contributed by atoms with Gasteiger partial charge in [-0.15, -0.1) is 0 Å². The van der Waals surface area contributed by atoms with Gasteiger partial charge in [0.2, 0.25) is 5.91 Å². The predicted octanol–water partition coefficient (Wildman–Crippen LogP) is 4.52. The van der Waals surface area contributed by atoms with Crippen LogP contribution in [-0.2, 0) is 17.6 Å². The van der Waals surface area contributed by atoms with Crippen molar-refractivity contribution in [3.63, 3.8) is 0 Å². The number of benzene rings is 2. The molecule has 1 fully saturated rings. The molecule has 2 aromatic carbocycles. The molecule has 160 valence electrons. The molecule has 0 atom stereocenters. The molecule has 4 nitrogen and oxygen atoms in total. The van der Waals surface area contributed by atoms with E-state index in [0.29, 0.717) is 6.42 Å². The molecule has 1 saturated heterocycles. The Bertz CT molecular complexity index is 869. The number of fused-ring (bicyclic) bond motifs is 1. The molecular weight excluding hydrogens is 370 g/mol. The van der Waals surface area contributed by atoms with E-state index in [1.807, 2.05) is 6.07 Å². The summed E-state index contributed by atoms with van der Waals surface area (Å²) in [7, 11) is 2.19. The lowest BCUT2D eigenvalue weighted by Crippen LogP contribution is -2.51. The van der Waals surface area contributed by atoms with Gasteiger partial charge < -0.3 is 14.7 Å². The molecule has 0 saturated carbocycles. The van der Waals surface area contributed by atoms with Gasteiger partial charge in [-0.05, 0) is 69.8 Å². The molecular formula is C26H35N3O. The molecule has 0 unspecified atom stereocenters. The van der Waals surface area contributed by atoms with E-state index in [9.17, 15) is 4.79 Å². The third-order valence-electron chi connectivity index (χ3n) is 6.75. The van der Waals surface area contributed by atoms with Crippen LogP contribution in [-0.4, -0.2) is 49.6 Å². The van der Waals surface area contributed by atoms with Crippen molar-refractivity contribution in [3.05, 3.63) is 59.7 Å². The van der Waals surface area contributed by atoms with E-state index in [1.54, 1.807) is 0 Å². The van der Waals surface area contributed by atoms with Gasteiger partial charge in [-0.25, -0.2) is 0 Å². The summed E-state index contributed by atoms with van der Waals surface area (Å²) in [5.74, 6) is 0.257. The molecule has 0 spiro atoms. The fourth-order valence-electron chi connectivity index (χ4n) is 4.91. The maximum atomic E-state index is 13.4. The van der Waals surface area contributed by atoms with Crippen molar-refractivity contribution in [2.75, 3.05) is 43.0 Å². The van der Waals surface area contributed by atoms with E-state index >= 15 is 0 Å². The number of likely N-dealkylation sites (N-methyl/N-ethyl adjacent to an activating group) is 1. The highest BCUT2D eigenvalue weighted by atomic mass is 16.2. The number of carbonyl (C=O) groups excluding carboxylic acids is 1.